The number of benzene rings is 3. The summed E-state index contributed by atoms with van der Waals surface area (Å²) in [5.41, 5.74) is 6.49. The van der Waals surface area contributed by atoms with Crippen LogP contribution in [0.1, 0.15) is 29.9 Å². The normalized spacial score (nSPS) is 18.6. The predicted molar refractivity (Wildman–Crippen MR) is 184 cm³/mol. The summed E-state index contributed by atoms with van der Waals surface area (Å²) in [6.45, 7) is 3.55. The van der Waals surface area contributed by atoms with Crippen LogP contribution in [0.25, 0.3) is 0 Å². The van der Waals surface area contributed by atoms with Crippen molar-refractivity contribution in [3.8, 4) is 0 Å². The van der Waals surface area contributed by atoms with Gasteiger partial charge in [0.2, 0.25) is 0 Å². The maximum Gasteiger partial charge on any atom is 0.280 e. The molecule has 1 amide bonds. The number of hydrogen-bond acceptors (Lipinski definition) is 8. The summed E-state index contributed by atoms with van der Waals surface area (Å²) in [4.78, 5) is 39.8. The number of aromatic nitrogens is 2. The van der Waals surface area contributed by atoms with Crippen LogP contribution in [0.3, 0.4) is 0 Å². The topological polar surface area (TPSA) is 107 Å². The first-order valence-corrected chi connectivity index (χ1v) is 15.7. The molecular weight excluding hydrogens is 628 g/mol. The van der Waals surface area contributed by atoms with E-state index in [2.05, 4.69) is 15.8 Å². The van der Waals surface area contributed by atoms with Gasteiger partial charge in [-0.3, -0.25) is 15.0 Å². The average molecular weight is 653 g/mol. The summed E-state index contributed by atoms with van der Waals surface area (Å²) in [5.74, 6) is -0.179. The highest BCUT2D eigenvalue weighted by Gasteiger charge is 2.47. The number of para-hydroxylation sites is 2. The monoisotopic (exact) mass is 652 g/mol. The van der Waals surface area contributed by atoms with Gasteiger partial charge >= 0.3 is 0 Å². The smallest absolute Gasteiger partial charge is 0.280 e. The van der Waals surface area contributed by atoms with E-state index < -0.39 is 12.0 Å². The Morgan fingerprint density at radius 2 is 1.64 bits per heavy atom. The number of rotatable bonds is 5. The highest BCUT2D eigenvalue weighted by molar-refractivity contribution is 8.16. The van der Waals surface area contributed by atoms with E-state index in [1.165, 1.54) is 21.4 Å². The molecule has 0 saturated heterocycles. The number of carbonyl (C=O) groups excluding carboxylic acids is 1. The molecule has 2 unspecified atom stereocenters. The largest absolute Gasteiger partial charge is 0.331 e. The number of amidine groups is 1. The molecule has 7 rings (SSSR count). The van der Waals surface area contributed by atoms with Crippen molar-refractivity contribution < 1.29 is 4.79 Å². The fourth-order valence-corrected chi connectivity index (χ4v) is 6.86. The molecule has 13 heteroatoms. The second-order valence-corrected chi connectivity index (χ2v) is 12.2. The standard InChI is InChI=1S/C32H25ClN8O2S2/c1-18-25(29(42)41(37-18)23-11-7-4-8-12-23)24-17-45-32-36-28-26(27(39(24)32)20-13-15-21(33)16-14-20)30(43)40(19(2)34-28)38-31(44)35-22-9-5-3-6-10-22/h3-17,25,27H,1-2H3,(H2,35,38,44). The van der Waals surface area contributed by atoms with Crippen molar-refractivity contribution in [1.29, 1.82) is 0 Å². The number of nitrogens with one attached hydrogen (secondary N) is 2. The molecule has 0 aliphatic carbocycles. The molecule has 3 aliphatic rings. The Hall–Kier alpha value is -4.78. The van der Waals surface area contributed by atoms with Gasteiger partial charge in [0.15, 0.2) is 16.1 Å². The number of carbonyl (C=O) groups is 1. The lowest BCUT2D eigenvalue weighted by atomic mass is 9.93. The first kappa shape index (κ1) is 29.0. The van der Waals surface area contributed by atoms with Crippen molar-refractivity contribution in [3.63, 3.8) is 0 Å². The average Bonchev–Trinajstić information content (AvgIpc) is 3.58. The van der Waals surface area contributed by atoms with Gasteiger partial charge in [-0.1, -0.05) is 71.9 Å². The molecule has 0 saturated carbocycles. The summed E-state index contributed by atoms with van der Waals surface area (Å²) in [7, 11) is 0. The summed E-state index contributed by atoms with van der Waals surface area (Å²) >= 11 is 13.2. The quantitative estimate of drug-likeness (QED) is 0.247. The van der Waals surface area contributed by atoms with E-state index in [0.717, 1.165) is 11.3 Å². The van der Waals surface area contributed by atoms with E-state index in [-0.39, 0.29) is 16.6 Å². The van der Waals surface area contributed by atoms with Crippen molar-refractivity contribution in [3.05, 3.63) is 128 Å². The van der Waals surface area contributed by atoms with Crippen LogP contribution in [0.4, 0.5) is 17.2 Å². The number of hydrogen-bond donors (Lipinski definition) is 2. The van der Waals surface area contributed by atoms with E-state index in [9.17, 15) is 9.59 Å². The highest BCUT2D eigenvalue weighted by Crippen LogP contribution is 2.47. The molecule has 4 aromatic rings. The predicted octanol–water partition coefficient (Wildman–Crippen LogP) is 6.17. The van der Waals surface area contributed by atoms with Gasteiger partial charge in [0, 0.05) is 16.4 Å². The number of halogens is 1. The Morgan fingerprint density at radius 3 is 2.36 bits per heavy atom. The second-order valence-electron chi connectivity index (χ2n) is 10.5. The van der Waals surface area contributed by atoms with Crippen molar-refractivity contribution in [2.24, 2.45) is 16.0 Å². The number of aryl methyl sites for hydroxylation is 1. The zero-order valence-electron chi connectivity index (χ0n) is 24.0. The number of anilines is 2. The van der Waals surface area contributed by atoms with Crippen molar-refractivity contribution >= 4 is 74.7 Å². The SMILES string of the molecule is CC1=NN(c2ccccc2)C(=O)C1C1=CSC2=Nc3nc(C)n(NC(=S)Nc4ccccc4)c(=O)c3C(c3ccc(Cl)cc3)N12. The number of nitrogens with zero attached hydrogens (tertiary/aromatic N) is 6. The molecule has 0 spiro atoms. The molecule has 1 aromatic heterocycles. The van der Waals surface area contributed by atoms with Crippen LogP contribution in [0.2, 0.25) is 5.02 Å². The number of fused-ring (bicyclic) bond motifs is 2. The number of aliphatic imine (C=N–C) groups is 1. The zero-order chi connectivity index (χ0) is 31.2. The van der Waals surface area contributed by atoms with Gasteiger partial charge in [-0.2, -0.15) is 10.1 Å². The molecule has 224 valence electrons. The molecule has 0 fully saturated rings. The first-order chi connectivity index (χ1) is 21.8. The van der Waals surface area contributed by atoms with Crippen LogP contribution in [-0.4, -0.2) is 36.5 Å². The lowest BCUT2D eigenvalue weighted by molar-refractivity contribution is -0.119. The molecule has 3 aromatic carbocycles. The second kappa shape index (κ2) is 11.6. The summed E-state index contributed by atoms with van der Waals surface area (Å²) in [6, 6.07) is 25.3. The van der Waals surface area contributed by atoms with E-state index in [1.807, 2.05) is 90.0 Å². The number of thioether (sulfide) groups is 1. The summed E-state index contributed by atoms with van der Waals surface area (Å²) < 4.78 is 1.32. The molecule has 2 atom stereocenters. The minimum Gasteiger partial charge on any atom is -0.331 e. The summed E-state index contributed by atoms with van der Waals surface area (Å²) in [6.07, 6.45) is 0. The third kappa shape index (κ3) is 5.20. The molecule has 10 nitrogen and oxygen atoms in total. The Morgan fingerprint density at radius 1 is 0.956 bits per heavy atom. The lowest BCUT2D eigenvalue weighted by Crippen LogP contribution is -2.45. The van der Waals surface area contributed by atoms with E-state index in [4.69, 9.17) is 33.8 Å². The zero-order valence-corrected chi connectivity index (χ0v) is 26.4. The summed E-state index contributed by atoms with van der Waals surface area (Å²) in [5, 5.41) is 12.4. The maximum absolute atomic E-state index is 14.4. The minimum atomic E-state index is -0.678. The van der Waals surface area contributed by atoms with Gasteiger partial charge in [-0.15, -0.1) is 0 Å². The van der Waals surface area contributed by atoms with Crippen LogP contribution < -0.4 is 21.3 Å². The Bertz CT molecular complexity index is 2000. The first-order valence-electron chi connectivity index (χ1n) is 14.0. The van der Waals surface area contributed by atoms with Gasteiger partial charge in [0.1, 0.15) is 11.7 Å². The molecule has 45 heavy (non-hydrogen) atoms. The number of amides is 1. The molecule has 0 radical (unpaired) electrons. The van der Waals surface area contributed by atoms with Crippen molar-refractivity contribution in [2.45, 2.75) is 19.9 Å². The van der Waals surface area contributed by atoms with Gasteiger partial charge in [0.25, 0.3) is 11.5 Å². The van der Waals surface area contributed by atoms with Crippen LogP contribution in [0.5, 0.6) is 0 Å². The number of hydrazone groups is 1. The fraction of sp³-hybridized carbons (Fsp3) is 0.125. The van der Waals surface area contributed by atoms with Crippen LogP contribution in [0, 0.1) is 12.8 Å². The Labute approximate surface area is 273 Å². The van der Waals surface area contributed by atoms with Crippen molar-refractivity contribution in [2.75, 3.05) is 15.8 Å². The third-order valence-corrected chi connectivity index (χ3v) is 8.93. The van der Waals surface area contributed by atoms with Crippen LogP contribution in [-0.2, 0) is 4.79 Å². The minimum absolute atomic E-state index is 0.189. The molecular formula is C32H25ClN8O2S2. The third-order valence-electron chi connectivity index (χ3n) is 7.63. The fourth-order valence-electron chi connectivity index (χ4n) is 5.59. The molecule has 3 aliphatic heterocycles. The van der Waals surface area contributed by atoms with Gasteiger partial charge < -0.3 is 10.2 Å². The van der Waals surface area contributed by atoms with Crippen molar-refractivity contribution in [1.82, 2.24) is 14.6 Å². The molecule has 2 N–H and O–H groups in total. The maximum atomic E-state index is 14.4. The number of thiocarbonyl (C=S) groups is 1. The van der Waals surface area contributed by atoms with E-state index in [1.54, 1.807) is 19.1 Å². The van der Waals surface area contributed by atoms with Gasteiger partial charge in [0.05, 0.1) is 23.0 Å². The van der Waals surface area contributed by atoms with E-state index >= 15 is 0 Å². The molecule has 4 heterocycles. The van der Waals surface area contributed by atoms with Gasteiger partial charge in [-0.25, -0.2) is 14.7 Å². The Balaban J connectivity index is 1.31. The van der Waals surface area contributed by atoms with E-state index in [0.29, 0.717) is 44.5 Å². The lowest BCUT2D eigenvalue weighted by Gasteiger charge is -2.37. The molecule has 0 bridgehead atoms. The van der Waals surface area contributed by atoms with Crippen LogP contribution in [0.15, 0.2) is 111 Å². The van der Waals surface area contributed by atoms with Gasteiger partial charge in [-0.05, 0) is 73.4 Å². The van der Waals surface area contributed by atoms with Crippen LogP contribution >= 0.6 is 35.6 Å². The Kier molecular flexibility index (Phi) is 7.48. The highest BCUT2D eigenvalue weighted by atomic mass is 35.5.